The van der Waals surface area contributed by atoms with E-state index in [9.17, 15) is 4.79 Å². The molecule has 1 unspecified atom stereocenters. The highest BCUT2D eigenvalue weighted by Crippen LogP contribution is 2.30. The lowest BCUT2D eigenvalue weighted by atomic mass is 10.1. The van der Waals surface area contributed by atoms with Crippen molar-refractivity contribution in [3.8, 4) is 11.5 Å². The highest BCUT2D eigenvalue weighted by molar-refractivity contribution is 5.88. The Morgan fingerprint density at radius 2 is 2.21 bits per heavy atom. The molecule has 4 heterocycles. The van der Waals surface area contributed by atoms with E-state index in [0.717, 1.165) is 31.2 Å². The monoisotopic (exact) mass is 384 g/mol. The van der Waals surface area contributed by atoms with Crippen LogP contribution in [0.5, 0.6) is 0 Å². The molecule has 1 N–H and O–H groups in total. The van der Waals surface area contributed by atoms with Crippen LogP contribution in [0.3, 0.4) is 0 Å². The van der Waals surface area contributed by atoms with Crippen LogP contribution in [-0.4, -0.2) is 47.2 Å². The van der Waals surface area contributed by atoms with Gasteiger partial charge in [0.05, 0.1) is 24.0 Å². The van der Waals surface area contributed by atoms with E-state index in [0.29, 0.717) is 30.6 Å². The Kier molecular flexibility index (Phi) is 5.09. The van der Waals surface area contributed by atoms with E-state index in [1.54, 1.807) is 32.7 Å². The first kappa shape index (κ1) is 18.2. The van der Waals surface area contributed by atoms with Gasteiger partial charge in [0.2, 0.25) is 0 Å². The number of carbonyl (C=O) groups is 1. The van der Waals surface area contributed by atoms with Gasteiger partial charge < -0.3 is 9.42 Å². The predicted molar refractivity (Wildman–Crippen MR) is 101 cm³/mol. The number of aryl methyl sites for hydroxylation is 2. The lowest BCUT2D eigenvalue weighted by Crippen LogP contribution is -2.39. The molecule has 3 aromatic heterocycles. The van der Waals surface area contributed by atoms with E-state index in [2.05, 4.69) is 25.7 Å². The number of amides is 2. The summed E-state index contributed by atoms with van der Waals surface area (Å²) in [6.07, 6.45) is 9.01. The number of hydrogen-bond acceptors (Lipinski definition) is 6. The number of aromatic nitrogens is 6. The molecular weight excluding hydrogens is 360 g/mol. The Bertz CT molecular complexity index is 943. The number of anilines is 1. The maximum Gasteiger partial charge on any atom is 0.323 e. The van der Waals surface area contributed by atoms with Crippen LogP contribution in [0.15, 0.2) is 29.2 Å². The van der Waals surface area contributed by atoms with Crippen molar-refractivity contribution in [2.45, 2.75) is 45.2 Å². The maximum atomic E-state index is 13.0. The van der Waals surface area contributed by atoms with Gasteiger partial charge in [-0.1, -0.05) is 18.0 Å². The summed E-state index contributed by atoms with van der Waals surface area (Å²) in [6, 6.07) is 1.40. The summed E-state index contributed by atoms with van der Waals surface area (Å²) in [7, 11) is 1.83. The second-order valence-electron chi connectivity index (χ2n) is 6.88. The second kappa shape index (κ2) is 7.83. The molecular formula is C18H24N8O2. The molecule has 0 saturated carbocycles. The Balaban J connectivity index is 1.57. The molecule has 28 heavy (non-hydrogen) atoms. The molecule has 0 aliphatic carbocycles. The lowest BCUT2D eigenvalue weighted by Gasteiger charge is -2.27. The van der Waals surface area contributed by atoms with E-state index in [1.807, 2.05) is 20.2 Å². The summed E-state index contributed by atoms with van der Waals surface area (Å²) in [5.41, 5.74) is 0.762. The summed E-state index contributed by atoms with van der Waals surface area (Å²) >= 11 is 0. The van der Waals surface area contributed by atoms with Crippen LogP contribution in [0.1, 0.15) is 44.5 Å². The minimum atomic E-state index is -0.227. The third-order valence-electron chi connectivity index (χ3n) is 4.96. The van der Waals surface area contributed by atoms with Gasteiger partial charge in [-0.2, -0.15) is 15.2 Å². The fraction of sp³-hybridized carbons (Fsp3) is 0.500. The Morgan fingerprint density at radius 1 is 1.32 bits per heavy atom. The Morgan fingerprint density at radius 3 is 3.00 bits per heavy atom. The smallest absolute Gasteiger partial charge is 0.323 e. The van der Waals surface area contributed by atoms with Crippen molar-refractivity contribution < 1.29 is 9.32 Å². The van der Waals surface area contributed by atoms with Crippen molar-refractivity contribution in [2.75, 3.05) is 11.9 Å². The molecule has 0 spiro atoms. The molecule has 3 aromatic rings. The molecule has 0 aromatic carbocycles. The number of rotatable bonds is 4. The van der Waals surface area contributed by atoms with Gasteiger partial charge in [0.25, 0.3) is 5.89 Å². The minimum absolute atomic E-state index is 0.171. The molecule has 1 aliphatic rings. The molecule has 1 fully saturated rings. The number of hydrogen-bond donors (Lipinski definition) is 1. The first-order valence-electron chi connectivity index (χ1n) is 9.57. The summed E-state index contributed by atoms with van der Waals surface area (Å²) in [5, 5.41) is 15.5. The highest BCUT2D eigenvalue weighted by Gasteiger charge is 2.31. The molecule has 148 valence electrons. The molecule has 1 aliphatic heterocycles. The Labute approximate surface area is 162 Å². The third kappa shape index (κ3) is 3.62. The van der Waals surface area contributed by atoms with Crippen molar-refractivity contribution in [3.63, 3.8) is 0 Å². The summed E-state index contributed by atoms with van der Waals surface area (Å²) in [5.74, 6) is 1.62. The molecule has 10 heteroatoms. The zero-order valence-electron chi connectivity index (χ0n) is 16.1. The maximum absolute atomic E-state index is 13.0. The van der Waals surface area contributed by atoms with Crippen LogP contribution in [0.4, 0.5) is 10.6 Å². The number of urea groups is 1. The van der Waals surface area contributed by atoms with E-state index in [-0.39, 0.29) is 12.1 Å². The quantitative estimate of drug-likeness (QED) is 0.741. The number of nitrogens with zero attached hydrogens (tertiary/aromatic N) is 7. The molecule has 0 bridgehead atoms. The van der Waals surface area contributed by atoms with Crippen LogP contribution in [0.2, 0.25) is 0 Å². The largest absolute Gasteiger partial charge is 0.334 e. The lowest BCUT2D eigenvalue weighted by molar-refractivity contribution is 0.184. The summed E-state index contributed by atoms with van der Waals surface area (Å²) < 4.78 is 8.87. The standard InChI is InChI=1S/C18H24N8O2/c1-3-26-15(8-9-19-26)21-18(27)25-10-6-4-5-7-14(25)16-22-17(28-23-16)13-11-20-24(2)12-13/h8-9,11-12,14H,3-7,10H2,1-2H3,(H,21,27). The van der Waals surface area contributed by atoms with Crippen molar-refractivity contribution in [1.82, 2.24) is 34.6 Å². The first-order chi connectivity index (χ1) is 13.7. The van der Waals surface area contributed by atoms with Gasteiger partial charge in [0.1, 0.15) is 5.82 Å². The molecule has 2 amide bonds. The van der Waals surface area contributed by atoms with Crippen LogP contribution < -0.4 is 5.32 Å². The molecule has 10 nitrogen and oxygen atoms in total. The van der Waals surface area contributed by atoms with Gasteiger partial charge >= 0.3 is 6.03 Å². The van der Waals surface area contributed by atoms with Crippen molar-refractivity contribution >= 4 is 11.8 Å². The van der Waals surface area contributed by atoms with E-state index < -0.39 is 0 Å². The molecule has 1 atom stereocenters. The van der Waals surface area contributed by atoms with Crippen LogP contribution in [-0.2, 0) is 13.6 Å². The number of likely N-dealkylation sites (tertiary alicyclic amines) is 1. The average molecular weight is 384 g/mol. The zero-order valence-corrected chi connectivity index (χ0v) is 16.1. The normalized spacial score (nSPS) is 17.5. The first-order valence-corrected chi connectivity index (χ1v) is 9.57. The fourth-order valence-electron chi connectivity index (χ4n) is 3.51. The molecule has 1 saturated heterocycles. The topological polar surface area (TPSA) is 107 Å². The van der Waals surface area contributed by atoms with Crippen LogP contribution >= 0.6 is 0 Å². The van der Waals surface area contributed by atoms with Gasteiger partial charge in [-0.05, 0) is 19.8 Å². The molecule has 0 radical (unpaired) electrons. The summed E-state index contributed by atoms with van der Waals surface area (Å²) in [6.45, 7) is 3.32. The Hall–Kier alpha value is -3.17. The van der Waals surface area contributed by atoms with Gasteiger partial charge in [-0.3, -0.25) is 10.00 Å². The fourth-order valence-corrected chi connectivity index (χ4v) is 3.51. The van der Waals surface area contributed by atoms with Gasteiger partial charge in [-0.25, -0.2) is 9.48 Å². The SMILES string of the molecule is CCn1nccc1NC(=O)N1CCCCCC1c1noc(-c2cnn(C)c2)n1. The van der Waals surface area contributed by atoms with Crippen molar-refractivity contribution in [1.29, 1.82) is 0 Å². The van der Waals surface area contributed by atoms with Gasteiger partial charge in [0, 0.05) is 32.4 Å². The second-order valence-corrected chi connectivity index (χ2v) is 6.88. The van der Waals surface area contributed by atoms with Crippen molar-refractivity contribution in [2.24, 2.45) is 7.05 Å². The zero-order chi connectivity index (χ0) is 19.5. The molecule has 4 rings (SSSR count). The van der Waals surface area contributed by atoms with Crippen LogP contribution in [0.25, 0.3) is 11.5 Å². The van der Waals surface area contributed by atoms with Gasteiger partial charge in [0.15, 0.2) is 5.82 Å². The van der Waals surface area contributed by atoms with Crippen LogP contribution in [0, 0.1) is 0 Å². The third-order valence-corrected chi connectivity index (χ3v) is 4.96. The predicted octanol–water partition coefficient (Wildman–Crippen LogP) is 2.84. The van der Waals surface area contributed by atoms with Crippen molar-refractivity contribution in [3.05, 3.63) is 30.5 Å². The van der Waals surface area contributed by atoms with E-state index >= 15 is 0 Å². The average Bonchev–Trinajstić information content (AvgIpc) is 3.40. The minimum Gasteiger partial charge on any atom is -0.334 e. The van der Waals surface area contributed by atoms with E-state index in [1.165, 1.54) is 0 Å². The number of carbonyl (C=O) groups excluding carboxylic acids is 1. The van der Waals surface area contributed by atoms with Gasteiger partial charge in [-0.15, -0.1) is 0 Å². The highest BCUT2D eigenvalue weighted by atomic mass is 16.5. The summed E-state index contributed by atoms with van der Waals surface area (Å²) in [4.78, 5) is 19.4. The number of nitrogens with one attached hydrogen (secondary N) is 1. The van der Waals surface area contributed by atoms with E-state index in [4.69, 9.17) is 4.52 Å².